The van der Waals surface area contributed by atoms with Gasteiger partial charge in [-0.3, -0.25) is 4.90 Å². The van der Waals surface area contributed by atoms with E-state index >= 15 is 0 Å². The van der Waals surface area contributed by atoms with Crippen LogP contribution in [0.1, 0.15) is 11.1 Å². The van der Waals surface area contributed by atoms with Crippen molar-refractivity contribution in [3.63, 3.8) is 0 Å². The van der Waals surface area contributed by atoms with Crippen LogP contribution in [0.4, 0.5) is 0 Å². The van der Waals surface area contributed by atoms with E-state index in [-0.39, 0.29) is 4.71 Å². The molecule has 94 valence electrons. The largest absolute Gasteiger partial charge is 0.275 e. The molecule has 2 aromatic carbocycles. The van der Waals surface area contributed by atoms with Gasteiger partial charge in [0.15, 0.2) is 0 Å². The lowest BCUT2D eigenvalue weighted by atomic mass is 10.2. The summed E-state index contributed by atoms with van der Waals surface area (Å²) in [5.74, 6) is 0. The molecule has 0 fully saturated rings. The van der Waals surface area contributed by atoms with Gasteiger partial charge in [0.2, 0.25) is 0 Å². The van der Waals surface area contributed by atoms with Crippen molar-refractivity contribution in [2.45, 2.75) is 17.8 Å². The Labute approximate surface area is 120 Å². The average molecular weight is 275 g/mol. The molecule has 0 aliphatic heterocycles. The van der Waals surface area contributed by atoms with Crippen LogP contribution in [0.15, 0.2) is 60.7 Å². The first-order valence-corrected chi connectivity index (χ1v) is 6.97. The molecule has 0 aliphatic carbocycles. The Bertz CT molecular complexity index is 415. The Balaban J connectivity index is 2.05. The zero-order valence-electron chi connectivity index (χ0n) is 10.1. The first-order valence-electron chi connectivity index (χ1n) is 5.94. The molecule has 0 amide bonds. The molecule has 0 N–H and O–H groups in total. The molecule has 0 bridgehead atoms. The minimum absolute atomic E-state index is 0.0644. The molecular formula is C15H17NS2. The fourth-order valence-corrected chi connectivity index (χ4v) is 2.18. The molecule has 0 aliphatic rings. The number of hydrogen-bond acceptors (Lipinski definition) is 3. The molecule has 0 atom stereocenters. The minimum atomic E-state index is -0.0644. The van der Waals surface area contributed by atoms with Gasteiger partial charge in [-0.2, -0.15) is 0 Å². The second-order valence-corrected chi connectivity index (χ2v) is 5.61. The smallest absolute Gasteiger partial charge is 0.0975 e. The maximum absolute atomic E-state index is 4.44. The van der Waals surface area contributed by atoms with Crippen molar-refractivity contribution in [1.29, 1.82) is 0 Å². The van der Waals surface area contributed by atoms with E-state index < -0.39 is 0 Å². The van der Waals surface area contributed by atoms with Crippen molar-refractivity contribution in [1.82, 2.24) is 4.90 Å². The number of benzene rings is 2. The van der Waals surface area contributed by atoms with Gasteiger partial charge in [0.25, 0.3) is 0 Å². The topological polar surface area (TPSA) is 3.24 Å². The van der Waals surface area contributed by atoms with E-state index in [4.69, 9.17) is 0 Å². The molecule has 3 heteroatoms. The van der Waals surface area contributed by atoms with Crippen LogP contribution >= 0.6 is 25.3 Å². The third-order valence-electron chi connectivity index (χ3n) is 2.78. The minimum Gasteiger partial charge on any atom is -0.275 e. The molecule has 2 aromatic rings. The number of hydrogen-bond donors (Lipinski definition) is 2. The molecule has 0 spiro atoms. The van der Waals surface area contributed by atoms with E-state index in [2.05, 4.69) is 78.7 Å². The van der Waals surface area contributed by atoms with Crippen molar-refractivity contribution in [2.75, 3.05) is 0 Å². The van der Waals surface area contributed by atoms with Crippen LogP contribution in [-0.2, 0) is 13.1 Å². The lowest BCUT2D eigenvalue weighted by Crippen LogP contribution is -2.26. The third kappa shape index (κ3) is 4.09. The summed E-state index contributed by atoms with van der Waals surface area (Å²) in [6.07, 6.45) is 0. The van der Waals surface area contributed by atoms with Crippen LogP contribution < -0.4 is 0 Å². The van der Waals surface area contributed by atoms with Gasteiger partial charge in [-0.15, -0.1) is 25.3 Å². The Morgan fingerprint density at radius 3 is 1.44 bits per heavy atom. The van der Waals surface area contributed by atoms with Gasteiger partial charge in [-0.05, 0) is 11.1 Å². The summed E-state index contributed by atoms with van der Waals surface area (Å²) in [6.45, 7) is 1.71. The zero-order valence-corrected chi connectivity index (χ0v) is 11.9. The van der Waals surface area contributed by atoms with Gasteiger partial charge in [-0.25, -0.2) is 0 Å². The van der Waals surface area contributed by atoms with Crippen LogP contribution in [0.2, 0.25) is 0 Å². The van der Waals surface area contributed by atoms with Crippen LogP contribution in [0.25, 0.3) is 0 Å². The standard InChI is InChI=1S/C15H17NS2/c17-15(18)16(11-13-7-3-1-4-8-13)12-14-9-5-2-6-10-14/h1-10,15,17-18H,11-12H2. The molecule has 2 rings (SSSR count). The van der Waals surface area contributed by atoms with Crippen LogP contribution in [-0.4, -0.2) is 9.61 Å². The second-order valence-electron chi connectivity index (χ2n) is 4.22. The zero-order chi connectivity index (χ0) is 12.8. The summed E-state index contributed by atoms with van der Waals surface area (Å²) in [5.41, 5.74) is 2.56. The van der Waals surface area contributed by atoms with Crippen LogP contribution in [0, 0.1) is 0 Å². The molecule has 0 aromatic heterocycles. The quantitative estimate of drug-likeness (QED) is 0.619. The van der Waals surface area contributed by atoms with Crippen LogP contribution in [0.3, 0.4) is 0 Å². The van der Waals surface area contributed by atoms with Gasteiger partial charge >= 0.3 is 0 Å². The number of nitrogens with zero attached hydrogens (tertiary/aromatic N) is 1. The van der Waals surface area contributed by atoms with E-state index in [1.807, 2.05) is 12.1 Å². The fourth-order valence-electron chi connectivity index (χ4n) is 1.86. The number of rotatable bonds is 5. The normalized spacial score (nSPS) is 11.1. The molecule has 0 saturated heterocycles. The summed E-state index contributed by atoms with van der Waals surface area (Å²) in [5, 5.41) is 0. The molecule has 1 nitrogen and oxygen atoms in total. The highest BCUT2D eigenvalue weighted by Gasteiger charge is 2.11. The maximum atomic E-state index is 4.44. The Kier molecular flexibility index (Phi) is 5.17. The molecule has 0 heterocycles. The van der Waals surface area contributed by atoms with Gasteiger partial charge in [-0.1, -0.05) is 60.7 Å². The predicted molar refractivity (Wildman–Crippen MR) is 83.9 cm³/mol. The SMILES string of the molecule is SC(S)N(Cc1ccccc1)Cc1ccccc1. The lowest BCUT2D eigenvalue weighted by molar-refractivity contribution is 0.289. The van der Waals surface area contributed by atoms with Crippen molar-refractivity contribution in [3.8, 4) is 0 Å². The van der Waals surface area contributed by atoms with Crippen molar-refractivity contribution < 1.29 is 0 Å². The average Bonchev–Trinajstić information content (AvgIpc) is 2.40. The highest BCUT2D eigenvalue weighted by Crippen LogP contribution is 2.17. The van der Waals surface area contributed by atoms with E-state index in [9.17, 15) is 0 Å². The van der Waals surface area contributed by atoms with Gasteiger partial charge in [0.05, 0.1) is 4.71 Å². The highest BCUT2D eigenvalue weighted by molar-refractivity contribution is 7.99. The molecule has 0 unspecified atom stereocenters. The molecule has 0 saturated carbocycles. The summed E-state index contributed by atoms with van der Waals surface area (Å²) in [7, 11) is 0. The second kappa shape index (κ2) is 6.88. The Morgan fingerprint density at radius 1 is 0.722 bits per heavy atom. The van der Waals surface area contributed by atoms with Gasteiger partial charge in [0, 0.05) is 13.1 Å². The fraction of sp³-hybridized carbons (Fsp3) is 0.200. The van der Waals surface area contributed by atoms with Crippen molar-refractivity contribution in [2.24, 2.45) is 0 Å². The van der Waals surface area contributed by atoms with Crippen LogP contribution in [0.5, 0.6) is 0 Å². The molecular weight excluding hydrogens is 258 g/mol. The van der Waals surface area contributed by atoms with E-state index in [0.29, 0.717) is 0 Å². The summed E-state index contributed by atoms with van der Waals surface area (Å²) in [6, 6.07) is 20.8. The van der Waals surface area contributed by atoms with Crippen molar-refractivity contribution >= 4 is 25.3 Å². The first kappa shape index (κ1) is 13.5. The van der Waals surface area contributed by atoms with E-state index in [1.165, 1.54) is 11.1 Å². The summed E-state index contributed by atoms with van der Waals surface area (Å²) < 4.78 is -0.0644. The Morgan fingerprint density at radius 2 is 1.11 bits per heavy atom. The monoisotopic (exact) mass is 275 g/mol. The molecule has 18 heavy (non-hydrogen) atoms. The lowest BCUT2D eigenvalue weighted by Gasteiger charge is -2.25. The molecule has 0 radical (unpaired) electrons. The third-order valence-corrected chi connectivity index (χ3v) is 3.44. The first-order chi connectivity index (χ1) is 8.75. The highest BCUT2D eigenvalue weighted by atomic mass is 32.2. The predicted octanol–water partition coefficient (Wildman–Crippen LogP) is 3.83. The number of thiol groups is 2. The van der Waals surface area contributed by atoms with Gasteiger partial charge in [0.1, 0.15) is 0 Å². The van der Waals surface area contributed by atoms with E-state index in [1.54, 1.807) is 0 Å². The van der Waals surface area contributed by atoms with Gasteiger partial charge < -0.3 is 0 Å². The summed E-state index contributed by atoms with van der Waals surface area (Å²) >= 11 is 8.89. The summed E-state index contributed by atoms with van der Waals surface area (Å²) in [4.78, 5) is 2.22. The van der Waals surface area contributed by atoms with Crippen molar-refractivity contribution in [3.05, 3.63) is 71.8 Å². The maximum Gasteiger partial charge on any atom is 0.0975 e. The Hall–Kier alpha value is -0.900. The van der Waals surface area contributed by atoms with E-state index in [0.717, 1.165) is 13.1 Å².